The number of hydrogen-bond acceptors (Lipinski definition) is 3. The molecule has 3 heteroatoms. The number of piperidine rings is 1. The van der Waals surface area contributed by atoms with Gasteiger partial charge in [-0.1, -0.05) is 32.9 Å². The third kappa shape index (κ3) is 3.77. The fraction of sp³-hybridized carbons (Fsp3) is 0.562. The van der Waals surface area contributed by atoms with Crippen LogP contribution in [0.1, 0.15) is 38.6 Å². The molecule has 0 amide bonds. The molecule has 1 aromatic carbocycles. The number of rotatable bonds is 2. The number of hydrogen-bond donors (Lipinski definition) is 0. The summed E-state index contributed by atoms with van der Waals surface area (Å²) in [5.74, 6) is 0.904. The summed E-state index contributed by atoms with van der Waals surface area (Å²) in [5.41, 5.74) is 1.15. The van der Waals surface area contributed by atoms with E-state index in [2.05, 4.69) is 36.1 Å². The quantitative estimate of drug-likeness (QED) is 0.799. The first kappa shape index (κ1) is 14.5. The second-order valence-electron chi connectivity index (χ2n) is 5.03. The topological polar surface area (TPSA) is 16.1 Å². The lowest BCUT2D eigenvalue weighted by atomic mass is 9.99. The predicted molar refractivity (Wildman–Crippen MR) is 84.6 cm³/mol. The Bertz CT molecular complexity index is 465. The number of benzene rings is 1. The highest BCUT2D eigenvalue weighted by Crippen LogP contribution is 2.24. The van der Waals surface area contributed by atoms with Crippen LogP contribution in [0, 0.1) is 5.92 Å². The molecule has 1 aromatic heterocycles. The Balaban J connectivity index is 0.000000637. The standard InChI is InChI=1S/C14H18N2S.C2H6/c1-11-6-8-16(9-7-11)10-14-15-12-4-2-3-5-13(12)17-14;1-2/h2-5,11H,6-10H2,1H3;1-2H3. The molecular weight excluding hydrogens is 252 g/mol. The highest BCUT2D eigenvalue weighted by atomic mass is 32.1. The van der Waals surface area contributed by atoms with Gasteiger partial charge in [-0.3, -0.25) is 4.90 Å². The van der Waals surface area contributed by atoms with Gasteiger partial charge in [-0.25, -0.2) is 4.98 Å². The fourth-order valence-electron chi connectivity index (χ4n) is 2.40. The number of fused-ring (bicyclic) bond motifs is 1. The zero-order valence-corrected chi connectivity index (χ0v) is 13.0. The molecule has 2 heterocycles. The Hall–Kier alpha value is -0.930. The van der Waals surface area contributed by atoms with Crippen molar-refractivity contribution in [2.75, 3.05) is 13.1 Å². The highest BCUT2D eigenvalue weighted by Gasteiger charge is 2.16. The van der Waals surface area contributed by atoms with Crippen LogP contribution < -0.4 is 0 Å². The first-order valence-corrected chi connectivity index (χ1v) is 8.20. The van der Waals surface area contributed by atoms with E-state index in [1.54, 1.807) is 0 Å². The van der Waals surface area contributed by atoms with Crippen molar-refractivity contribution in [3.05, 3.63) is 29.3 Å². The van der Waals surface area contributed by atoms with Crippen LogP contribution in [-0.2, 0) is 6.54 Å². The molecule has 0 bridgehead atoms. The van der Waals surface area contributed by atoms with Crippen LogP contribution in [0.5, 0.6) is 0 Å². The SMILES string of the molecule is CC.CC1CCN(Cc2nc3ccccc3s2)CC1. The van der Waals surface area contributed by atoms with E-state index >= 15 is 0 Å². The van der Waals surface area contributed by atoms with Gasteiger partial charge >= 0.3 is 0 Å². The zero-order chi connectivity index (χ0) is 13.7. The van der Waals surface area contributed by atoms with E-state index in [1.807, 2.05) is 25.2 Å². The van der Waals surface area contributed by atoms with E-state index in [9.17, 15) is 0 Å². The van der Waals surface area contributed by atoms with E-state index in [1.165, 1.54) is 35.6 Å². The van der Waals surface area contributed by atoms with Gasteiger partial charge in [-0.05, 0) is 44.0 Å². The van der Waals surface area contributed by atoms with Crippen molar-refractivity contribution < 1.29 is 0 Å². The number of aromatic nitrogens is 1. The summed E-state index contributed by atoms with van der Waals surface area (Å²) in [6, 6.07) is 8.42. The fourth-order valence-corrected chi connectivity index (χ4v) is 3.41. The van der Waals surface area contributed by atoms with Gasteiger partial charge < -0.3 is 0 Å². The molecule has 1 aliphatic rings. The summed E-state index contributed by atoms with van der Waals surface area (Å²) < 4.78 is 1.31. The zero-order valence-electron chi connectivity index (χ0n) is 12.2. The van der Waals surface area contributed by atoms with Crippen LogP contribution >= 0.6 is 11.3 Å². The van der Waals surface area contributed by atoms with E-state index in [-0.39, 0.29) is 0 Å². The van der Waals surface area contributed by atoms with Gasteiger partial charge in [-0.15, -0.1) is 11.3 Å². The normalized spacial score (nSPS) is 17.2. The molecule has 0 spiro atoms. The summed E-state index contributed by atoms with van der Waals surface area (Å²) in [7, 11) is 0. The van der Waals surface area contributed by atoms with Crippen LogP contribution in [0.15, 0.2) is 24.3 Å². The largest absolute Gasteiger partial charge is 0.297 e. The van der Waals surface area contributed by atoms with Crippen molar-refractivity contribution in [1.82, 2.24) is 9.88 Å². The molecule has 0 unspecified atom stereocenters. The van der Waals surface area contributed by atoms with Crippen LogP contribution in [-0.4, -0.2) is 23.0 Å². The van der Waals surface area contributed by atoms with Crippen LogP contribution in [0.4, 0.5) is 0 Å². The van der Waals surface area contributed by atoms with Crippen molar-refractivity contribution in [2.45, 2.75) is 40.2 Å². The number of para-hydroxylation sites is 1. The average molecular weight is 276 g/mol. The van der Waals surface area contributed by atoms with Gasteiger partial charge in [0.25, 0.3) is 0 Å². The lowest BCUT2D eigenvalue weighted by Gasteiger charge is -2.29. The van der Waals surface area contributed by atoms with Crippen molar-refractivity contribution in [2.24, 2.45) is 5.92 Å². The number of nitrogens with zero attached hydrogens (tertiary/aromatic N) is 2. The van der Waals surface area contributed by atoms with E-state index < -0.39 is 0 Å². The first-order chi connectivity index (χ1) is 9.31. The highest BCUT2D eigenvalue weighted by molar-refractivity contribution is 7.18. The number of likely N-dealkylation sites (tertiary alicyclic amines) is 1. The summed E-state index contributed by atoms with van der Waals surface area (Å²) >= 11 is 1.84. The molecule has 2 aromatic rings. The molecule has 0 radical (unpaired) electrons. The van der Waals surface area contributed by atoms with Crippen molar-refractivity contribution >= 4 is 21.6 Å². The maximum Gasteiger partial charge on any atom is 0.108 e. The Morgan fingerprint density at radius 3 is 2.58 bits per heavy atom. The lowest BCUT2D eigenvalue weighted by molar-refractivity contribution is 0.185. The van der Waals surface area contributed by atoms with Crippen LogP contribution in [0.3, 0.4) is 0 Å². The van der Waals surface area contributed by atoms with E-state index in [0.29, 0.717) is 0 Å². The van der Waals surface area contributed by atoms with Gasteiger partial charge in [0.15, 0.2) is 0 Å². The van der Waals surface area contributed by atoms with Gasteiger partial charge in [0, 0.05) is 0 Å². The minimum absolute atomic E-state index is 0.904. The Kier molecular flexibility index (Phi) is 5.34. The third-order valence-corrected chi connectivity index (χ3v) is 4.59. The molecule has 19 heavy (non-hydrogen) atoms. The Labute approximate surface area is 120 Å². The minimum atomic E-state index is 0.904. The van der Waals surface area contributed by atoms with Crippen molar-refractivity contribution in [3.63, 3.8) is 0 Å². The minimum Gasteiger partial charge on any atom is -0.297 e. The molecule has 1 saturated heterocycles. The molecule has 0 N–H and O–H groups in total. The maximum atomic E-state index is 4.70. The molecule has 0 atom stereocenters. The van der Waals surface area contributed by atoms with E-state index in [4.69, 9.17) is 4.98 Å². The molecule has 1 fully saturated rings. The van der Waals surface area contributed by atoms with Gasteiger partial charge in [0.1, 0.15) is 5.01 Å². The molecular formula is C16H24N2S. The molecule has 0 saturated carbocycles. The molecule has 1 aliphatic heterocycles. The van der Waals surface area contributed by atoms with Gasteiger partial charge in [0.2, 0.25) is 0 Å². The van der Waals surface area contributed by atoms with Gasteiger partial charge in [-0.2, -0.15) is 0 Å². The Morgan fingerprint density at radius 2 is 1.89 bits per heavy atom. The molecule has 0 aliphatic carbocycles. The lowest BCUT2D eigenvalue weighted by Crippen LogP contribution is -2.32. The van der Waals surface area contributed by atoms with Crippen molar-refractivity contribution in [1.29, 1.82) is 0 Å². The summed E-state index contributed by atoms with van der Waals surface area (Å²) in [4.78, 5) is 7.24. The maximum absolute atomic E-state index is 4.70. The van der Waals surface area contributed by atoms with E-state index in [0.717, 1.165) is 18.0 Å². The Morgan fingerprint density at radius 1 is 1.21 bits per heavy atom. The molecule has 3 rings (SSSR count). The number of thiazole rings is 1. The second-order valence-corrected chi connectivity index (χ2v) is 6.15. The third-order valence-electron chi connectivity index (χ3n) is 3.57. The monoisotopic (exact) mass is 276 g/mol. The predicted octanol–water partition coefficient (Wildman–Crippen LogP) is 4.55. The summed E-state index contributed by atoms with van der Waals surface area (Å²) in [6.45, 7) is 9.86. The first-order valence-electron chi connectivity index (χ1n) is 7.38. The van der Waals surface area contributed by atoms with Gasteiger partial charge in [0.05, 0.1) is 16.8 Å². The van der Waals surface area contributed by atoms with Crippen LogP contribution in [0.25, 0.3) is 10.2 Å². The molecule has 104 valence electrons. The summed E-state index contributed by atoms with van der Waals surface area (Å²) in [5, 5.41) is 1.26. The smallest absolute Gasteiger partial charge is 0.108 e. The summed E-state index contributed by atoms with van der Waals surface area (Å²) in [6.07, 6.45) is 2.68. The van der Waals surface area contributed by atoms with Crippen LogP contribution in [0.2, 0.25) is 0 Å². The molecule has 2 nitrogen and oxygen atoms in total. The second kappa shape index (κ2) is 7.01. The van der Waals surface area contributed by atoms with Crippen molar-refractivity contribution in [3.8, 4) is 0 Å². The average Bonchev–Trinajstić information content (AvgIpc) is 2.86.